The molecule has 0 aromatic carbocycles. The van der Waals surface area contributed by atoms with Gasteiger partial charge < -0.3 is 4.74 Å². The Labute approximate surface area is 132 Å². The summed E-state index contributed by atoms with van der Waals surface area (Å²) in [5.41, 5.74) is 0. The van der Waals surface area contributed by atoms with E-state index in [-0.39, 0.29) is 11.4 Å². The predicted molar refractivity (Wildman–Crippen MR) is 85.3 cm³/mol. The van der Waals surface area contributed by atoms with Gasteiger partial charge in [0.2, 0.25) is 10.0 Å². The number of pyridine rings is 1. The molecule has 2 aliphatic rings. The van der Waals surface area contributed by atoms with E-state index in [1.54, 1.807) is 16.7 Å². The van der Waals surface area contributed by atoms with Crippen molar-refractivity contribution in [2.24, 2.45) is 0 Å². The summed E-state index contributed by atoms with van der Waals surface area (Å²) in [5, 5.41) is -0.180. The Balaban J connectivity index is 1.64. The Morgan fingerprint density at radius 2 is 1.77 bits per heavy atom. The molecular weight excluding hydrogens is 300 g/mol. The van der Waals surface area contributed by atoms with Crippen molar-refractivity contribution in [1.29, 1.82) is 0 Å². The van der Waals surface area contributed by atoms with Crippen molar-refractivity contribution < 1.29 is 13.2 Å². The number of hydrogen-bond acceptors (Lipinski definition) is 4. The molecule has 0 amide bonds. The first-order valence-electron chi connectivity index (χ1n) is 8.22. The number of ether oxygens (including phenoxy) is 1. The standard InChI is InChI=1S/C16H24N2O3S/c19-22(20,16-6-2-1-3-7-16)18-12-4-5-15(13-18)21-14-8-10-17-11-9-14/h8-11,15-16H,1-7,12-13H2. The van der Waals surface area contributed by atoms with Gasteiger partial charge in [0.1, 0.15) is 11.9 Å². The molecule has 1 saturated carbocycles. The third-order valence-electron chi connectivity index (χ3n) is 4.63. The highest BCUT2D eigenvalue weighted by Gasteiger charge is 2.36. The minimum atomic E-state index is -3.17. The molecule has 0 radical (unpaired) electrons. The first kappa shape index (κ1) is 15.7. The van der Waals surface area contributed by atoms with E-state index in [1.807, 2.05) is 12.1 Å². The van der Waals surface area contributed by atoms with E-state index in [9.17, 15) is 8.42 Å². The molecule has 0 N–H and O–H groups in total. The number of aromatic nitrogens is 1. The van der Waals surface area contributed by atoms with Crippen LogP contribution < -0.4 is 4.74 Å². The van der Waals surface area contributed by atoms with E-state index in [0.29, 0.717) is 13.1 Å². The zero-order valence-corrected chi connectivity index (χ0v) is 13.7. The van der Waals surface area contributed by atoms with Gasteiger partial charge in [-0.25, -0.2) is 8.42 Å². The second kappa shape index (κ2) is 6.96. The normalized spacial score (nSPS) is 25.0. The van der Waals surface area contributed by atoms with Crippen LogP contribution in [0, 0.1) is 0 Å². The van der Waals surface area contributed by atoms with Crippen LogP contribution in [0.2, 0.25) is 0 Å². The lowest BCUT2D eigenvalue weighted by molar-refractivity contribution is 0.129. The molecule has 2 fully saturated rings. The monoisotopic (exact) mass is 324 g/mol. The molecule has 1 saturated heterocycles. The third kappa shape index (κ3) is 3.60. The zero-order chi connectivity index (χ0) is 15.4. The molecular formula is C16H24N2O3S. The molecule has 0 bridgehead atoms. The highest BCUT2D eigenvalue weighted by molar-refractivity contribution is 7.89. The van der Waals surface area contributed by atoms with Gasteiger partial charge >= 0.3 is 0 Å². The number of nitrogens with zero attached hydrogens (tertiary/aromatic N) is 2. The maximum absolute atomic E-state index is 12.8. The van der Waals surface area contributed by atoms with Crippen LogP contribution in [0.25, 0.3) is 0 Å². The van der Waals surface area contributed by atoms with Crippen molar-refractivity contribution in [3.63, 3.8) is 0 Å². The molecule has 2 heterocycles. The Hall–Kier alpha value is -1.14. The van der Waals surface area contributed by atoms with E-state index >= 15 is 0 Å². The molecule has 6 heteroatoms. The average Bonchev–Trinajstić information content (AvgIpc) is 2.57. The fourth-order valence-electron chi connectivity index (χ4n) is 3.42. The Morgan fingerprint density at radius 1 is 1.05 bits per heavy atom. The largest absolute Gasteiger partial charge is 0.489 e. The molecule has 1 aliphatic carbocycles. The number of hydrogen-bond donors (Lipinski definition) is 0. The second-order valence-electron chi connectivity index (χ2n) is 6.23. The highest BCUT2D eigenvalue weighted by Crippen LogP contribution is 2.28. The average molecular weight is 324 g/mol. The van der Waals surface area contributed by atoms with E-state index < -0.39 is 10.0 Å². The van der Waals surface area contributed by atoms with Crippen LogP contribution in [0.4, 0.5) is 0 Å². The zero-order valence-electron chi connectivity index (χ0n) is 12.9. The summed E-state index contributed by atoms with van der Waals surface area (Å²) in [4.78, 5) is 3.97. The van der Waals surface area contributed by atoms with Crippen LogP contribution in [-0.4, -0.2) is 42.2 Å². The Bertz CT molecular complexity index is 570. The van der Waals surface area contributed by atoms with Crippen LogP contribution in [0.5, 0.6) is 5.75 Å². The highest BCUT2D eigenvalue weighted by atomic mass is 32.2. The Kier molecular flexibility index (Phi) is 4.98. The lowest BCUT2D eigenvalue weighted by atomic mass is 10.0. The van der Waals surface area contributed by atoms with E-state index in [4.69, 9.17) is 4.74 Å². The maximum Gasteiger partial charge on any atom is 0.217 e. The SMILES string of the molecule is O=S(=O)(C1CCCCC1)N1CCCC(Oc2ccncc2)C1. The molecule has 1 atom stereocenters. The topological polar surface area (TPSA) is 59.5 Å². The smallest absolute Gasteiger partial charge is 0.217 e. The van der Waals surface area contributed by atoms with Crippen LogP contribution in [-0.2, 0) is 10.0 Å². The van der Waals surface area contributed by atoms with Gasteiger partial charge in [-0.05, 0) is 37.8 Å². The van der Waals surface area contributed by atoms with Crippen LogP contribution >= 0.6 is 0 Å². The quantitative estimate of drug-likeness (QED) is 0.854. The summed E-state index contributed by atoms with van der Waals surface area (Å²) in [7, 11) is -3.17. The van der Waals surface area contributed by atoms with Crippen LogP contribution in [0.15, 0.2) is 24.5 Å². The molecule has 3 rings (SSSR count). The fraction of sp³-hybridized carbons (Fsp3) is 0.688. The summed E-state index contributed by atoms with van der Waals surface area (Å²) >= 11 is 0. The van der Waals surface area contributed by atoms with Crippen LogP contribution in [0.3, 0.4) is 0 Å². The van der Waals surface area contributed by atoms with E-state index in [0.717, 1.165) is 44.3 Å². The lowest BCUT2D eigenvalue weighted by Crippen LogP contribution is -2.48. The summed E-state index contributed by atoms with van der Waals surface area (Å²) in [6.45, 7) is 1.11. The van der Waals surface area contributed by atoms with Crippen molar-refractivity contribution in [1.82, 2.24) is 9.29 Å². The minimum absolute atomic E-state index is 0.0606. The molecule has 5 nitrogen and oxygen atoms in total. The predicted octanol–water partition coefficient (Wildman–Crippen LogP) is 2.59. The number of sulfonamides is 1. The number of piperidine rings is 1. The van der Waals surface area contributed by atoms with Crippen molar-refractivity contribution in [3.05, 3.63) is 24.5 Å². The van der Waals surface area contributed by atoms with E-state index in [1.165, 1.54) is 6.42 Å². The first-order valence-corrected chi connectivity index (χ1v) is 9.72. The van der Waals surface area contributed by atoms with Gasteiger partial charge in [0.25, 0.3) is 0 Å². The van der Waals surface area contributed by atoms with Gasteiger partial charge in [-0.1, -0.05) is 19.3 Å². The molecule has 1 unspecified atom stereocenters. The van der Waals surface area contributed by atoms with Crippen molar-refractivity contribution in [3.8, 4) is 5.75 Å². The number of rotatable bonds is 4. The van der Waals surface area contributed by atoms with Gasteiger partial charge in [0.15, 0.2) is 0 Å². The molecule has 1 aromatic heterocycles. The summed E-state index contributed by atoms with van der Waals surface area (Å²) in [5.74, 6) is 0.761. The summed E-state index contributed by atoms with van der Waals surface area (Å²) in [6.07, 6.45) is 9.95. The van der Waals surface area contributed by atoms with Gasteiger partial charge in [0, 0.05) is 18.9 Å². The van der Waals surface area contributed by atoms with Crippen molar-refractivity contribution in [2.75, 3.05) is 13.1 Å². The molecule has 1 aliphatic heterocycles. The fourth-order valence-corrected chi connectivity index (χ4v) is 5.52. The first-order chi connectivity index (χ1) is 10.7. The van der Waals surface area contributed by atoms with Crippen molar-refractivity contribution >= 4 is 10.0 Å². The molecule has 122 valence electrons. The molecule has 1 aromatic rings. The van der Waals surface area contributed by atoms with Gasteiger partial charge in [-0.15, -0.1) is 0 Å². The van der Waals surface area contributed by atoms with Gasteiger partial charge in [-0.3, -0.25) is 4.98 Å². The summed E-state index contributed by atoms with van der Waals surface area (Å²) < 4.78 is 33.2. The lowest BCUT2D eigenvalue weighted by Gasteiger charge is -2.35. The minimum Gasteiger partial charge on any atom is -0.489 e. The van der Waals surface area contributed by atoms with E-state index in [2.05, 4.69) is 4.98 Å². The second-order valence-corrected chi connectivity index (χ2v) is 8.44. The Morgan fingerprint density at radius 3 is 2.50 bits per heavy atom. The van der Waals surface area contributed by atoms with Gasteiger partial charge in [0.05, 0.1) is 11.8 Å². The third-order valence-corrected chi connectivity index (χ3v) is 6.99. The summed E-state index contributed by atoms with van der Waals surface area (Å²) in [6, 6.07) is 3.63. The van der Waals surface area contributed by atoms with Gasteiger partial charge in [-0.2, -0.15) is 4.31 Å². The van der Waals surface area contributed by atoms with Crippen molar-refractivity contribution in [2.45, 2.75) is 56.3 Å². The maximum atomic E-state index is 12.8. The molecule has 22 heavy (non-hydrogen) atoms. The molecule has 0 spiro atoms. The van der Waals surface area contributed by atoms with Crippen LogP contribution in [0.1, 0.15) is 44.9 Å².